The summed E-state index contributed by atoms with van der Waals surface area (Å²) in [7, 11) is 0. The molecule has 1 aromatic rings. The van der Waals surface area contributed by atoms with E-state index in [-0.39, 0.29) is 11.8 Å². The Kier molecular flexibility index (Phi) is 3.02. The van der Waals surface area contributed by atoms with Crippen LogP contribution in [0.4, 0.5) is 0 Å². The van der Waals surface area contributed by atoms with Gasteiger partial charge >= 0.3 is 0 Å². The summed E-state index contributed by atoms with van der Waals surface area (Å²) < 4.78 is 0. The Bertz CT molecular complexity index is 380. The number of carbonyl (C=O) groups excluding carboxylic acids is 1. The zero-order valence-corrected chi connectivity index (χ0v) is 9.17. The van der Waals surface area contributed by atoms with E-state index >= 15 is 0 Å². The lowest BCUT2D eigenvalue weighted by Crippen LogP contribution is -2.39. The fraction of sp³-hybridized carbons (Fsp3) is 0.455. The van der Waals surface area contributed by atoms with Crippen LogP contribution in [0.5, 0.6) is 0 Å². The van der Waals surface area contributed by atoms with Gasteiger partial charge in [-0.2, -0.15) is 5.26 Å². The van der Waals surface area contributed by atoms with Gasteiger partial charge in [-0.15, -0.1) is 11.3 Å². The Hall–Kier alpha value is -1.34. The Labute approximate surface area is 92.9 Å². The van der Waals surface area contributed by atoms with Gasteiger partial charge < -0.3 is 4.90 Å². The van der Waals surface area contributed by atoms with Crippen LogP contribution in [0.2, 0.25) is 0 Å². The minimum Gasteiger partial charge on any atom is -0.337 e. The number of thiophene rings is 1. The van der Waals surface area contributed by atoms with E-state index in [4.69, 9.17) is 5.26 Å². The third-order valence-corrected chi connectivity index (χ3v) is 3.48. The van der Waals surface area contributed by atoms with Gasteiger partial charge in [0.15, 0.2) is 0 Å². The van der Waals surface area contributed by atoms with E-state index in [1.54, 1.807) is 4.90 Å². The highest BCUT2D eigenvalue weighted by atomic mass is 32.1. The molecule has 0 aliphatic carbocycles. The van der Waals surface area contributed by atoms with Gasteiger partial charge in [0, 0.05) is 13.1 Å². The van der Waals surface area contributed by atoms with E-state index in [0.717, 1.165) is 24.3 Å². The van der Waals surface area contributed by atoms with Crippen LogP contribution >= 0.6 is 11.3 Å². The lowest BCUT2D eigenvalue weighted by Gasteiger charge is -2.29. The molecule has 0 bridgehead atoms. The van der Waals surface area contributed by atoms with Gasteiger partial charge in [-0.3, -0.25) is 4.79 Å². The minimum atomic E-state index is 0.0164. The Balaban J connectivity index is 2.05. The van der Waals surface area contributed by atoms with Gasteiger partial charge in [-0.1, -0.05) is 6.07 Å². The van der Waals surface area contributed by atoms with Gasteiger partial charge in [-0.05, 0) is 24.3 Å². The van der Waals surface area contributed by atoms with Crippen LogP contribution in [0.25, 0.3) is 0 Å². The highest BCUT2D eigenvalue weighted by molar-refractivity contribution is 7.12. The zero-order chi connectivity index (χ0) is 10.7. The molecular formula is C11H12N2OS. The summed E-state index contributed by atoms with van der Waals surface area (Å²) in [6.45, 7) is 1.38. The summed E-state index contributed by atoms with van der Waals surface area (Å²) in [6, 6.07) is 5.96. The molecule has 2 heterocycles. The standard InChI is InChI=1S/C11H12N2OS/c12-7-9-3-1-5-13(8-9)11(14)10-4-2-6-15-10/h2,4,6,9H,1,3,5,8H2. The van der Waals surface area contributed by atoms with Gasteiger partial charge in [0.05, 0.1) is 16.9 Å². The molecule has 1 aliphatic rings. The predicted octanol–water partition coefficient (Wildman–Crippen LogP) is 2.12. The molecule has 0 radical (unpaired) electrons. The first-order valence-electron chi connectivity index (χ1n) is 5.03. The molecule has 1 atom stereocenters. The minimum absolute atomic E-state index is 0.0164. The van der Waals surface area contributed by atoms with Crippen molar-refractivity contribution >= 4 is 17.2 Å². The van der Waals surface area contributed by atoms with Crippen molar-refractivity contribution in [3.05, 3.63) is 22.4 Å². The lowest BCUT2D eigenvalue weighted by molar-refractivity contribution is 0.0704. The van der Waals surface area contributed by atoms with Crippen molar-refractivity contribution in [3.63, 3.8) is 0 Å². The molecule has 2 rings (SSSR count). The molecule has 1 aliphatic heterocycles. The summed E-state index contributed by atoms with van der Waals surface area (Å²) in [5, 5.41) is 10.7. The van der Waals surface area contributed by atoms with Crippen LogP contribution in [0, 0.1) is 17.2 Å². The average Bonchev–Trinajstić information content (AvgIpc) is 2.81. The molecule has 0 aromatic carbocycles. The topological polar surface area (TPSA) is 44.1 Å². The van der Waals surface area contributed by atoms with Crippen molar-refractivity contribution in [3.8, 4) is 6.07 Å². The highest BCUT2D eigenvalue weighted by Gasteiger charge is 2.24. The van der Waals surface area contributed by atoms with Crippen LogP contribution in [-0.4, -0.2) is 23.9 Å². The first-order valence-corrected chi connectivity index (χ1v) is 5.91. The summed E-state index contributed by atoms with van der Waals surface area (Å²) >= 11 is 1.46. The van der Waals surface area contributed by atoms with Crippen LogP contribution in [-0.2, 0) is 0 Å². The van der Waals surface area contributed by atoms with E-state index in [1.165, 1.54) is 11.3 Å². The van der Waals surface area contributed by atoms with Crippen LogP contribution < -0.4 is 0 Å². The third-order valence-electron chi connectivity index (χ3n) is 2.62. The number of nitriles is 1. The quantitative estimate of drug-likeness (QED) is 0.727. The molecule has 1 amide bonds. The fourth-order valence-corrected chi connectivity index (χ4v) is 2.51. The Morgan fingerprint density at radius 1 is 1.67 bits per heavy atom. The molecule has 1 aromatic heterocycles. The van der Waals surface area contributed by atoms with Crippen molar-refractivity contribution in [2.45, 2.75) is 12.8 Å². The molecule has 1 fully saturated rings. The maximum atomic E-state index is 11.9. The van der Waals surface area contributed by atoms with Gasteiger partial charge in [0.25, 0.3) is 5.91 Å². The van der Waals surface area contributed by atoms with Crippen molar-refractivity contribution in [1.29, 1.82) is 5.26 Å². The van der Waals surface area contributed by atoms with Gasteiger partial charge in [0.2, 0.25) is 0 Å². The number of hydrogen-bond donors (Lipinski definition) is 0. The molecule has 1 saturated heterocycles. The van der Waals surface area contributed by atoms with Crippen LogP contribution in [0.15, 0.2) is 17.5 Å². The number of rotatable bonds is 1. The number of piperidine rings is 1. The Morgan fingerprint density at radius 2 is 2.53 bits per heavy atom. The van der Waals surface area contributed by atoms with Gasteiger partial charge in [-0.25, -0.2) is 0 Å². The largest absolute Gasteiger partial charge is 0.337 e. The van der Waals surface area contributed by atoms with Crippen molar-refractivity contribution in [2.75, 3.05) is 13.1 Å². The molecule has 3 nitrogen and oxygen atoms in total. The molecule has 1 unspecified atom stereocenters. The van der Waals surface area contributed by atoms with Crippen molar-refractivity contribution < 1.29 is 4.79 Å². The van der Waals surface area contributed by atoms with Crippen molar-refractivity contribution in [2.24, 2.45) is 5.92 Å². The first kappa shape index (κ1) is 10.2. The number of nitrogens with zero attached hydrogens (tertiary/aromatic N) is 2. The zero-order valence-electron chi connectivity index (χ0n) is 8.35. The number of amides is 1. The highest BCUT2D eigenvalue weighted by Crippen LogP contribution is 2.19. The lowest BCUT2D eigenvalue weighted by atomic mass is 10.00. The smallest absolute Gasteiger partial charge is 0.263 e. The predicted molar refractivity (Wildman–Crippen MR) is 58.6 cm³/mol. The SMILES string of the molecule is N#CC1CCCN(C(=O)c2cccs2)C1. The van der Waals surface area contributed by atoms with Crippen LogP contribution in [0.1, 0.15) is 22.5 Å². The van der Waals surface area contributed by atoms with E-state index < -0.39 is 0 Å². The van der Waals surface area contributed by atoms with Gasteiger partial charge in [0.1, 0.15) is 0 Å². The normalized spacial score (nSPS) is 21.0. The maximum absolute atomic E-state index is 11.9. The van der Waals surface area contributed by atoms with E-state index in [1.807, 2.05) is 17.5 Å². The number of hydrogen-bond acceptors (Lipinski definition) is 3. The average molecular weight is 220 g/mol. The molecular weight excluding hydrogens is 208 g/mol. The van der Waals surface area contributed by atoms with Crippen LogP contribution in [0.3, 0.4) is 0 Å². The summed E-state index contributed by atoms with van der Waals surface area (Å²) in [5.74, 6) is 0.0904. The van der Waals surface area contributed by atoms with E-state index in [9.17, 15) is 4.79 Å². The Morgan fingerprint density at radius 3 is 3.20 bits per heavy atom. The molecule has 4 heteroatoms. The molecule has 0 N–H and O–H groups in total. The molecule has 78 valence electrons. The summed E-state index contributed by atoms with van der Waals surface area (Å²) in [5.41, 5.74) is 0. The third kappa shape index (κ3) is 2.18. The summed E-state index contributed by atoms with van der Waals surface area (Å²) in [4.78, 5) is 14.5. The number of carbonyl (C=O) groups is 1. The second-order valence-electron chi connectivity index (χ2n) is 3.70. The first-order chi connectivity index (χ1) is 7.31. The molecule has 0 spiro atoms. The van der Waals surface area contributed by atoms with Crippen molar-refractivity contribution in [1.82, 2.24) is 4.90 Å². The number of likely N-dealkylation sites (tertiary alicyclic amines) is 1. The van der Waals surface area contributed by atoms with E-state index in [2.05, 4.69) is 6.07 Å². The monoisotopic (exact) mass is 220 g/mol. The molecule has 0 saturated carbocycles. The maximum Gasteiger partial charge on any atom is 0.263 e. The second-order valence-corrected chi connectivity index (χ2v) is 4.64. The fourth-order valence-electron chi connectivity index (χ4n) is 1.82. The van der Waals surface area contributed by atoms with E-state index in [0.29, 0.717) is 6.54 Å². The second kappa shape index (κ2) is 4.45. The summed E-state index contributed by atoms with van der Waals surface area (Å²) in [6.07, 6.45) is 1.86. The molecule has 15 heavy (non-hydrogen) atoms.